The molecular formula is C19H19ClFN3OS. The van der Waals surface area contributed by atoms with Gasteiger partial charge in [0.25, 0.3) is 5.91 Å². The molecule has 2 aromatic rings. The molecule has 0 atom stereocenters. The molecule has 0 aliphatic carbocycles. The van der Waals surface area contributed by atoms with E-state index < -0.39 is 11.7 Å². The van der Waals surface area contributed by atoms with Gasteiger partial charge in [-0.15, -0.1) is 0 Å². The maximum absolute atomic E-state index is 13.1. The van der Waals surface area contributed by atoms with Crippen molar-refractivity contribution >= 4 is 46.6 Å². The number of rotatable bonds is 4. The second kappa shape index (κ2) is 9.31. The Morgan fingerprint density at radius 2 is 2.04 bits per heavy atom. The Labute approximate surface area is 162 Å². The van der Waals surface area contributed by atoms with Crippen LogP contribution in [0.2, 0.25) is 5.02 Å². The summed E-state index contributed by atoms with van der Waals surface area (Å²) in [6.07, 6.45) is 3.68. The van der Waals surface area contributed by atoms with Gasteiger partial charge in [0.1, 0.15) is 5.82 Å². The molecule has 26 heavy (non-hydrogen) atoms. The van der Waals surface area contributed by atoms with Crippen molar-refractivity contribution in [2.45, 2.75) is 20.3 Å². The van der Waals surface area contributed by atoms with Crippen molar-refractivity contribution in [3.63, 3.8) is 0 Å². The first-order valence-corrected chi connectivity index (χ1v) is 8.78. The number of anilines is 1. The number of carbonyl (C=O) groups is 1. The van der Waals surface area contributed by atoms with E-state index in [4.69, 9.17) is 23.8 Å². The molecule has 7 heteroatoms. The minimum Gasteiger partial charge on any atom is -0.331 e. The third-order valence-electron chi connectivity index (χ3n) is 3.65. The molecule has 136 valence electrons. The predicted molar refractivity (Wildman–Crippen MR) is 109 cm³/mol. The number of benzene rings is 2. The van der Waals surface area contributed by atoms with Gasteiger partial charge in [0, 0.05) is 11.8 Å². The fourth-order valence-electron chi connectivity index (χ4n) is 2.29. The Bertz CT molecular complexity index is 855. The highest BCUT2D eigenvalue weighted by Gasteiger charge is 2.06. The normalized spacial score (nSPS) is 10.6. The van der Waals surface area contributed by atoms with Crippen LogP contribution in [-0.2, 0) is 11.2 Å². The first kappa shape index (κ1) is 19.9. The smallest absolute Gasteiger partial charge is 0.262 e. The molecular weight excluding hydrogens is 373 g/mol. The van der Waals surface area contributed by atoms with Crippen molar-refractivity contribution in [2.24, 2.45) is 0 Å². The Hall–Kier alpha value is -2.44. The topological polar surface area (TPSA) is 53.2 Å². The Morgan fingerprint density at radius 1 is 1.27 bits per heavy atom. The van der Waals surface area contributed by atoms with E-state index in [9.17, 15) is 9.18 Å². The Kier molecular flexibility index (Phi) is 7.12. The van der Waals surface area contributed by atoms with Gasteiger partial charge in [0.15, 0.2) is 5.11 Å². The van der Waals surface area contributed by atoms with Gasteiger partial charge in [0.2, 0.25) is 0 Å². The van der Waals surface area contributed by atoms with E-state index in [2.05, 4.69) is 23.1 Å². The summed E-state index contributed by atoms with van der Waals surface area (Å²) < 4.78 is 13.1. The van der Waals surface area contributed by atoms with Crippen LogP contribution in [0.15, 0.2) is 42.5 Å². The van der Waals surface area contributed by atoms with E-state index in [1.165, 1.54) is 30.4 Å². The first-order chi connectivity index (χ1) is 12.4. The van der Waals surface area contributed by atoms with Gasteiger partial charge in [0.05, 0.1) is 5.02 Å². The summed E-state index contributed by atoms with van der Waals surface area (Å²) in [6, 6.07) is 10.2. The van der Waals surface area contributed by atoms with E-state index >= 15 is 0 Å². The molecule has 0 heterocycles. The summed E-state index contributed by atoms with van der Waals surface area (Å²) in [5.74, 6) is -0.913. The highest BCUT2D eigenvalue weighted by molar-refractivity contribution is 7.80. The van der Waals surface area contributed by atoms with Crippen LogP contribution < -0.4 is 16.2 Å². The fourth-order valence-corrected chi connectivity index (χ4v) is 2.64. The lowest BCUT2D eigenvalue weighted by molar-refractivity contribution is -0.116. The quantitative estimate of drug-likeness (QED) is 0.411. The van der Waals surface area contributed by atoms with E-state index in [0.29, 0.717) is 5.56 Å². The number of hydrazine groups is 1. The predicted octanol–water partition coefficient (Wildman–Crippen LogP) is 4.38. The Balaban J connectivity index is 1.90. The number of hydrogen-bond donors (Lipinski definition) is 3. The van der Waals surface area contributed by atoms with Gasteiger partial charge in [-0.25, -0.2) is 4.39 Å². The van der Waals surface area contributed by atoms with E-state index in [0.717, 1.165) is 23.2 Å². The number of para-hydroxylation sites is 1. The molecule has 2 aromatic carbocycles. The van der Waals surface area contributed by atoms with Crippen LogP contribution in [0.4, 0.5) is 10.1 Å². The molecule has 0 radical (unpaired) electrons. The average Bonchev–Trinajstić information content (AvgIpc) is 2.62. The number of halogens is 2. The monoisotopic (exact) mass is 391 g/mol. The second-order valence-electron chi connectivity index (χ2n) is 5.54. The lowest BCUT2D eigenvalue weighted by Crippen LogP contribution is -2.43. The molecule has 0 fully saturated rings. The van der Waals surface area contributed by atoms with Crippen LogP contribution in [-0.4, -0.2) is 11.0 Å². The van der Waals surface area contributed by atoms with Gasteiger partial charge >= 0.3 is 0 Å². The molecule has 4 nitrogen and oxygen atoms in total. The summed E-state index contributed by atoms with van der Waals surface area (Å²) in [5, 5.41) is 3.37. The molecule has 1 amide bonds. The van der Waals surface area contributed by atoms with Crippen LogP contribution in [0.5, 0.6) is 0 Å². The maximum atomic E-state index is 13.1. The molecule has 0 aliphatic rings. The molecule has 0 saturated carbocycles. The largest absolute Gasteiger partial charge is 0.331 e. The van der Waals surface area contributed by atoms with Crippen molar-refractivity contribution in [1.29, 1.82) is 0 Å². The zero-order chi connectivity index (χ0) is 19.1. The summed E-state index contributed by atoms with van der Waals surface area (Å²) in [7, 11) is 0. The van der Waals surface area contributed by atoms with Gasteiger partial charge < -0.3 is 5.32 Å². The lowest BCUT2D eigenvalue weighted by Gasteiger charge is -2.15. The first-order valence-electron chi connectivity index (χ1n) is 7.99. The zero-order valence-corrected chi connectivity index (χ0v) is 16.0. The van der Waals surface area contributed by atoms with Crippen LogP contribution in [0, 0.1) is 12.7 Å². The van der Waals surface area contributed by atoms with Crippen LogP contribution >= 0.6 is 23.8 Å². The number of thiocarbonyl (C=S) groups is 1. The standard InChI is InChI=1S/C19H19ClFN3OS/c1-3-14-6-4-5-12(2)18(14)22-19(26)24-23-17(25)10-8-13-7-9-16(21)15(20)11-13/h4-11H,3H2,1-2H3,(H,23,25)(H2,22,24,26)/b10-8+. The van der Waals surface area contributed by atoms with Crippen LogP contribution in [0.25, 0.3) is 6.08 Å². The second-order valence-corrected chi connectivity index (χ2v) is 6.35. The third-order valence-corrected chi connectivity index (χ3v) is 4.14. The van der Waals surface area contributed by atoms with Crippen LogP contribution in [0.1, 0.15) is 23.6 Å². The summed E-state index contributed by atoms with van der Waals surface area (Å²) in [6.45, 7) is 4.05. The molecule has 3 N–H and O–H groups in total. The summed E-state index contributed by atoms with van der Waals surface area (Å²) in [4.78, 5) is 11.9. The number of amides is 1. The minimum atomic E-state index is -0.506. The Morgan fingerprint density at radius 3 is 2.73 bits per heavy atom. The van der Waals surface area contributed by atoms with Gasteiger partial charge in [-0.05, 0) is 60.5 Å². The minimum absolute atomic E-state index is 0.000945. The third kappa shape index (κ3) is 5.54. The highest BCUT2D eigenvalue weighted by Crippen LogP contribution is 2.20. The zero-order valence-electron chi connectivity index (χ0n) is 14.4. The maximum Gasteiger partial charge on any atom is 0.262 e. The number of carbonyl (C=O) groups excluding carboxylic acids is 1. The van der Waals surface area contributed by atoms with Crippen molar-refractivity contribution in [2.75, 3.05) is 5.32 Å². The van der Waals surface area contributed by atoms with Gasteiger partial charge in [-0.3, -0.25) is 15.6 Å². The van der Waals surface area contributed by atoms with Crippen molar-refractivity contribution in [3.8, 4) is 0 Å². The van der Waals surface area contributed by atoms with Crippen molar-refractivity contribution in [3.05, 3.63) is 70.0 Å². The molecule has 0 aliphatic heterocycles. The molecule has 0 aromatic heterocycles. The van der Waals surface area contributed by atoms with E-state index in [1.54, 1.807) is 0 Å². The van der Waals surface area contributed by atoms with Gasteiger partial charge in [-0.1, -0.05) is 42.8 Å². The molecule has 2 rings (SSSR count). The number of nitrogens with one attached hydrogen (secondary N) is 3. The SMILES string of the molecule is CCc1cccc(C)c1NC(=S)NNC(=O)/C=C/c1ccc(F)c(Cl)c1. The molecule has 0 spiro atoms. The average molecular weight is 392 g/mol. The fraction of sp³-hybridized carbons (Fsp3) is 0.158. The van der Waals surface area contributed by atoms with Crippen LogP contribution in [0.3, 0.4) is 0 Å². The van der Waals surface area contributed by atoms with Crippen molar-refractivity contribution < 1.29 is 9.18 Å². The van der Waals surface area contributed by atoms with E-state index in [1.807, 2.05) is 25.1 Å². The van der Waals surface area contributed by atoms with Crippen molar-refractivity contribution in [1.82, 2.24) is 10.9 Å². The molecule has 0 saturated heterocycles. The van der Waals surface area contributed by atoms with E-state index in [-0.39, 0.29) is 10.1 Å². The molecule has 0 bridgehead atoms. The summed E-state index contributed by atoms with van der Waals surface area (Å²) >= 11 is 10.9. The van der Waals surface area contributed by atoms with Gasteiger partial charge in [-0.2, -0.15) is 0 Å². The highest BCUT2D eigenvalue weighted by atomic mass is 35.5. The number of hydrogen-bond acceptors (Lipinski definition) is 2. The molecule has 0 unspecified atom stereocenters. The lowest BCUT2D eigenvalue weighted by atomic mass is 10.1. The summed E-state index contributed by atoms with van der Waals surface area (Å²) in [5.41, 5.74) is 8.85. The number of aryl methyl sites for hydroxylation is 2.